The van der Waals surface area contributed by atoms with Crippen LogP contribution in [0.5, 0.6) is 5.75 Å². The van der Waals surface area contributed by atoms with E-state index >= 15 is 0 Å². The van der Waals surface area contributed by atoms with Crippen LogP contribution in [-0.4, -0.2) is 21.5 Å². The third kappa shape index (κ3) is 1.85. The summed E-state index contributed by atoms with van der Waals surface area (Å²) in [5.74, 6) is -0.231. The SMILES string of the molecule is O=C(O)Oc1cn[nH]c1C(F)Cl. The van der Waals surface area contributed by atoms with Crippen molar-refractivity contribution in [2.45, 2.75) is 5.63 Å². The molecule has 1 aromatic rings. The summed E-state index contributed by atoms with van der Waals surface area (Å²) in [6, 6.07) is 0. The van der Waals surface area contributed by atoms with Gasteiger partial charge in [0.2, 0.25) is 5.63 Å². The van der Waals surface area contributed by atoms with E-state index in [0.29, 0.717) is 0 Å². The van der Waals surface area contributed by atoms with E-state index < -0.39 is 11.8 Å². The van der Waals surface area contributed by atoms with E-state index in [2.05, 4.69) is 14.9 Å². The smallest absolute Gasteiger partial charge is 0.449 e. The van der Waals surface area contributed by atoms with Gasteiger partial charge in [-0.15, -0.1) is 0 Å². The van der Waals surface area contributed by atoms with E-state index in [1.807, 2.05) is 0 Å². The van der Waals surface area contributed by atoms with Crippen molar-refractivity contribution in [1.29, 1.82) is 0 Å². The molecule has 0 radical (unpaired) electrons. The molecule has 0 aliphatic heterocycles. The molecule has 1 heterocycles. The molecule has 0 spiro atoms. The maximum atomic E-state index is 12.4. The Labute approximate surface area is 71.1 Å². The van der Waals surface area contributed by atoms with E-state index in [1.165, 1.54) is 0 Å². The van der Waals surface area contributed by atoms with Crippen LogP contribution in [0.15, 0.2) is 6.20 Å². The minimum absolute atomic E-state index is 0.209. The fourth-order valence-electron chi connectivity index (χ4n) is 0.617. The number of H-pyrrole nitrogens is 1. The van der Waals surface area contributed by atoms with Crippen LogP contribution in [0.25, 0.3) is 0 Å². The molecule has 7 heteroatoms. The lowest BCUT2D eigenvalue weighted by atomic mass is 10.4. The lowest BCUT2D eigenvalue weighted by Crippen LogP contribution is -2.04. The summed E-state index contributed by atoms with van der Waals surface area (Å²) >= 11 is 5.02. The quantitative estimate of drug-likeness (QED) is 0.555. The van der Waals surface area contributed by atoms with Gasteiger partial charge in [-0.1, -0.05) is 11.6 Å². The van der Waals surface area contributed by atoms with Gasteiger partial charge in [0.15, 0.2) is 5.75 Å². The largest absolute Gasteiger partial charge is 0.511 e. The molecule has 0 fully saturated rings. The molecule has 0 bridgehead atoms. The molecule has 1 atom stereocenters. The Bertz CT molecular complexity index is 288. The third-order valence-corrected chi connectivity index (χ3v) is 1.27. The van der Waals surface area contributed by atoms with Crippen LogP contribution in [0.3, 0.4) is 0 Å². The van der Waals surface area contributed by atoms with Crippen LogP contribution in [0.4, 0.5) is 9.18 Å². The number of nitrogens with zero attached hydrogens (tertiary/aromatic N) is 1. The van der Waals surface area contributed by atoms with Gasteiger partial charge < -0.3 is 9.84 Å². The monoisotopic (exact) mass is 194 g/mol. The summed E-state index contributed by atoms with van der Waals surface area (Å²) in [5, 5.41) is 13.7. The summed E-state index contributed by atoms with van der Waals surface area (Å²) in [6.45, 7) is 0. The number of carboxylic acid groups (broad SMARTS) is 1. The minimum atomic E-state index is -1.86. The van der Waals surface area contributed by atoms with Crippen LogP contribution in [0.1, 0.15) is 11.3 Å². The molecule has 0 aliphatic rings. The van der Waals surface area contributed by atoms with Crippen molar-refractivity contribution in [2.24, 2.45) is 0 Å². The Kier molecular flexibility index (Phi) is 2.49. The van der Waals surface area contributed by atoms with E-state index in [0.717, 1.165) is 6.20 Å². The van der Waals surface area contributed by atoms with Crippen molar-refractivity contribution in [3.05, 3.63) is 11.9 Å². The highest BCUT2D eigenvalue weighted by atomic mass is 35.5. The maximum Gasteiger partial charge on any atom is 0.511 e. The maximum absolute atomic E-state index is 12.4. The number of aromatic nitrogens is 2. The molecule has 0 amide bonds. The molecule has 1 unspecified atom stereocenters. The molecular formula is C5H4ClFN2O3. The van der Waals surface area contributed by atoms with Crippen molar-refractivity contribution in [3.63, 3.8) is 0 Å². The summed E-state index contributed by atoms with van der Waals surface area (Å²) < 4.78 is 16.5. The Morgan fingerprint density at radius 1 is 1.92 bits per heavy atom. The number of hydrogen-bond donors (Lipinski definition) is 2. The molecule has 66 valence electrons. The average molecular weight is 195 g/mol. The number of nitrogens with one attached hydrogen (secondary N) is 1. The average Bonchev–Trinajstić information content (AvgIpc) is 2.33. The fourth-order valence-corrected chi connectivity index (χ4v) is 0.773. The van der Waals surface area contributed by atoms with Crippen LogP contribution < -0.4 is 4.74 Å². The van der Waals surface area contributed by atoms with Crippen LogP contribution in [0, 0.1) is 0 Å². The highest BCUT2D eigenvalue weighted by Gasteiger charge is 2.16. The predicted octanol–water partition coefficient (Wildman–Crippen LogP) is 1.67. The number of carbonyl (C=O) groups is 1. The van der Waals surface area contributed by atoms with Gasteiger partial charge in [0, 0.05) is 0 Å². The number of ether oxygens (including phenoxy) is 1. The van der Waals surface area contributed by atoms with Crippen LogP contribution in [-0.2, 0) is 0 Å². The van der Waals surface area contributed by atoms with E-state index in [9.17, 15) is 9.18 Å². The second-order valence-corrected chi connectivity index (χ2v) is 2.20. The summed E-state index contributed by atoms with van der Waals surface area (Å²) in [5.41, 5.74) is -2.07. The predicted molar refractivity (Wildman–Crippen MR) is 36.9 cm³/mol. The fraction of sp³-hybridized carbons (Fsp3) is 0.200. The van der Waals surface area contributed by atoms with Crippen molar-refractivity contribution in [1.82, 2.24) is 10.2 Å². The topological polar surface area (TPSA) is 75.2 Å². The van der Waals surface area contributed by atoms with E-state index in [1.54, 1.807) is 0 Å². The van der Waals surface area contributed by atoms with Gasteiger partial charge >= 0.3 is 6.16 Å². The zero-order valence-electron chi connectivity index (χ0n) is 5.62. The number of aromatic amines is 1. The van der Waals surface area contributed by atoms with Crippen molar-refractivity contribution < 1.29 is 19.0 Å². The number of halogens is 2. The highest BCUT2D eigenvalue weighted by Crippen LogP contribution is 2.27. The molecule has 0 saturated heterocycles. The van der Waals surface area contributed by atoms with Crippen molar-refractivity contribution in [2.75, 3.05) is 0 Å². The Morgan fingerprint density at radius 2 is 2.58 bits per heavy atom. The van der Waals surface area contributed by atoms with Crippen molar-refractivity contribution >= 4 is 17.8 Å². The van der Waals surface area contributed by atoms with Gasteiger partial charge in [0.25, 0.3) is 0 Å². The second kappa shape index (κ2) is 3.40. The minimum Gasteiger partial charge on any atom is -0.449 e. The number of hydrogen-bond acceptors (Lipinski definition) is 3. The van der Waals surface area contributed by atoms with Gasteiger partial charge in [-0.05, 0) is 0 Å². The first-order valence-corrected chi connectivity index (χ1v) is 3.27. The normalized spacial score (nSPS) is 12.5. The zero-order valence-corrected chi connectivity index (χ0v) is 6.38. The molecule has 0 saturated carbocycles. The van der Waals surface area contributed by atoms with Gasteiger partial charge in [0.1, 0.15) is 5.69 Å². The lowest BCUT2D eigenvalue weighted by molar-refractivity contribution is 0.143. The highest BCUT2D eigenvalue weighted by molar-refractivity contribution is 6.19. The third-order valence-electron chi connectivity index (χ3n) is 1.05. The van der Waals surface area contributed by atoms with Gasteiger partial charge in [-0.3, -0.25) is 5.10 Å². The van der Waals surface area contributed by atoms with Crippen LogP contribution >= 0.6 is 11.6 Å². The number of rotatable bonds is 2. The Balaban J connectivity index is 2.84. The molecule has 0 aromatic carbocycles. The lowest BCUT2D eigenvalue weighted by Gasteiger charge is -1.99. The summed E-state index contributed by atoms with van der Waals surface area (Å²) in [6.07, 6.45) is -0.520. The number of alkyl halides is 2. The first kappa shape index (κ1) is 8.79. The first-order chi connectivity index (χ1) is 5.61. The molecule has 1 aromatic heterocycles. The molecule has 1 rings (SSSR count). The standard InChI is InChI=1S/C5H4ClFN2O3/c6-4(7)3-2(1-8-9-3)12-5(10)11/h1,4H,(H,8,9)(H,10,11). The molecule has 0 aliphatic carbocycles. The molecule has 12 heavy (non-hydrogen) atoms. The zero-order chi connectivity index (χ0) is 9.14. The molecule has 2 N–H and O–H groups in total. The van der Waals surface area contributed by atoms with Gasteiger partial charge in [0.05, 0.1) is 6.20 Å². The van der Waals surface area contributed by atoms with Gasteiger partial charge in [-0.25, -0.2) is 9.18 Å². The summed E-state index contributed by atoms with van der Waals surface area (Å²) in [7, 11) is 0. The van der Waals surface area contributed by atoms with Crippen LogP contribution in [0.2, 0.25) is 0 Å². The second-order valence-electron chi connectivity index (χ2n) is 1.82. The Morgan fingerprint density at radius 3 is 3.08 bits per heavy atom. The van der Waals surface area contributed by atoms with Crippen molar-refractivity contribution in [3.8, 4) is 5.75 Å². The Hall–Kier alpha value is -1.30. The molecule has 5 nitrogen and oxygen atoms in total. The molecular weight excluding hydrogens is 191 g/mol. The summed E-state index contributed by atoms with van der Waals surface area (Å²) in [4.78, 5) is 10.0. The van der Waals surface area contributed by atoms with E-state index in [-0.39, 0.29) is 11.4 Å². The first-order valence-electron chi connectivity index (χ1n) is 2.83. The van der Waals surface area contributed by atoms with Gasteiger partial charge in [-0.2, -0.15) is 5.10 Å². The van der Waals surface area contributed by atoms with E-state index in [4.69, 9.17) is 16.7 Å².